The van der Waals surface area contributed by atoms with E-state index >= 15 is 0 Å². The SMILES string of the molecule is Cc1ccc(B(O)O)c2cccnc12. The Balaban J connectivity index is 2.82. The van der Waals surface area contributed by atoms with Crippen LogP contribution < -0.4 is 5.46 Å². The summed E-state index contributed by atoms with van der Waals surface area (Å²) in [6, 6.07) is 7.17. The number of aromatic nitrogens is 1. The summed E-state index contributed by atoms with van der Waals surface area (Å²) in [7, 11) is -1.44. The van der Waals surface area contributed by atoms with E-state index in [1.54, 1.807) is 18.3 Å². The fourth-order valence-corrected chi connectivity index (χ4v) is 1.56. The minimum Gasteiger partial charge on any atom is -0.423 e. The largest absolute Gasteiger partial charge is 0.489 e. The van der Waals surface area contributed by atoms with Crippen molar-refractivity contribution in [2.24, 2.45) is 0 Å². The second kappa shape index (κ2) is 3.40. The standard InChI is InChI=1S/C10H10BNO2/c1-7-4-5-9(11(13)14)8-3-2-6-12-10(7)8/h2-6,13-14H,1H3. The van der Waals surface area contributed by atoms with Gasteiger partial charge in [-0.1, -0.05) is 18.2 Å². The molecule has 2 N–H and O–H groups in total. The number of rotatable bonds is 1. The summed E-state index contributed by atoms with van der Waals surface area (Å²) in [6.45, 7) is 1.95. The molecular formula is C10H10BNO2. The lowest BCUT2D eigenvalue weighted by molar-refractivity contribution is 0.426. The summed E-state index contributed by atoms with van der Waals surface area (Å²) in [5.74, 6) is 0. The fourth-order valence-electron chi connectivity index (χ4n) is 1.56. The molecule has 1 aromatic carbocycles. The molecule has 0 atom stereocenters. The molecule has 2 aromatic rings. The molecule has 0 spiro atoms. The first-order valence-corrected chi connectivity index (χ1v) is 4.40. The summed E-state index contributed by atoms with van der Waals surface area (Å²) >= 11 is 0. The molecule has 0 aliphatic heterocycles. The van der Waals surface area contributed by atoms with Crippen LogP contribution in [0.1, 0.15) is 5.56 Å². The van der Waals surface area contributed by atoms with Gasteiger partial charge in [-0.2, -0.15) is 0 Å². The van der Waals surface area contributed by atoms with Gasteiger partial charge in [-0.25, -0.2) is 0 Å². The number of aryl methyl sites for hydroxylation is 1. The smallest absolute Gasteiger partial charge is 0.423 e. The normalized spacial score (nSPS) is 10.5. The average molecular weight is 187 g/mol. The molecule has 1 heterocycles. The lowest BCUT2D eigenvalue weighted by Crippen LogP contribution is -2.30. The van der Waals surface area contributed by atoms with Gasteiger partial charge >= 0.3 is 7.12 Å². The van der Waals surface area contributed by atoms with Crippen molar-refractivity contribution in [3.8, 4) is 0 Å². The van der Waals surface area contributed by atoms with E-state index < -0.39 is 7.12 Å². The molecule has 4 heteroatoms. The number of pyridine rings is 1. The monoisotopic (exact) mass is 187 g/mol. The second-order valence-corrected chi connectivity index (χ2v) is 3.24. The predicted molar refractivity (Wildman–Crippen MR) is 56.3 cm³/mol. The molecule has 0 aliphatic carbocycles. The number of hydrogen-bond acceptors (Lipinski definition) is 3. The van der Waals surface area contributed by atoms with E-state index in [-0.39, 0.29) is 0 Å². The summed E-state index contributed by atoms with van der Waals surface area (Å²) in [5.41, 5.74) is 2.35. The van der Waals surface area contributed by atoms with Crippen LogP contribution in [0.15, 0.2) is 30.5 Å². The zero-order valence-electron chi connectivity index (χ0n) is 7.81. The summed E-state index contributed by atoms with van der Waals surface area (Å²) in [5, 5.41) is 19.1. The van der Waals surface area contributed by atoms with Crippen LogP contribution in [0.3, 0.4) is 0 Å². The van der Waals surface area contributed by atoms with Gasteiger partial charge in [-0.3, -0.25) is 4.98 Å². The zero-order valence-corrected chi connectivity index (χ0v) is 7.81. The van der Waals surface area contributed by atoms with Crippen molar-refractivity contribution in [1.82, 2.24) is 4.98 Å². The first-order chi connectivity index (χ1) is 6.70. The van der Waals surface area contributed by atoms with Gasteiger partial charge in [0.15, 0.2) is 0 Å². The first-order valence-electron chi connectivity index (χ1n) is 4.40. The first kappa shape index (κ1) is 9.18. The van der Waals surface area contributed by atoms with Crippen molar-refractivity contribution in [3.63, 3.8) is 0 Å². The fraction of sp³-hybridized carbons (Fsp3) is 0.100. The minimum absolute atomic E-state index is 0.499. The van der Waals surface area contributed by atoms with Crippen LogP contribution in [0.25, 0.3) is 10.9 Å². The van der Waals surface area contributed by atoms with E-state index in [2.05, 4.69) is 4.98 Å². The molecule has 0 radical (unpaired) electrons. The van der Waals surface area contributed by atoms with Crippen LogP contribution in [0, 0.1) is 6.92 Å². The van der Waals surface area contributed by atoms with Gasteiger partial charge in [0.1, 0.15) is 0 Å². The van der Waals surface area contributed by atoms with Gasteiger partial charge in [0.05, 0.1) is 5.52 Å². The number of hydrogen-bond donors (Lipinski definition) is 2. The van der Waals surface area contributed by atoms with Crippen molar-refractivity contribution in [1.29, 1.82) is 0 Å². The van der Waals surface area contributed by atoms with Crippen molar-refractivity contribution in [2.75, 3.05) is 0 Å². The quantitative estimate of drug-likeness (QED) is 0.628. The molecule has 0 bridgehead atoms. The van der Waals surface area contributed by atoms with Crippen LogP contribution in [0.2, 0.25) is 0 Å². The lowest BCUT2D eigenvalue weighted by atomic mass is 9.77. The Morgan fingerprint density at radius 2 is 2.00 bits per heavy atom. The average Bonchev–Trinajstić information content (AvgIpc) is 2.18. The number of nitrogens with zero attached hydrogens (tertiary/aromatic N) is 1. The minimum atomic E-state index is -1.44. The number of fused-ring (bicyclic) bond motifs is 1. The van der Waals surface area contributed by atoms with E-state index in [4.69, 9.17) is 10.0 Å². The third kappa shape index (κ3) is 1.39. The van der Waals surface area contributed by atoms with Crippen LogP contribution in [-0.2, 0) is 0 Å². The molecule has 3 nitrogen and oxygen atoms in total. The van der Waals surface area contributed by atoms with E-state index in [0.717, 1.165) is 16.5 Å². The van der Waals surface area contributed by atoms with E-state index in [0.29, 0.717) is 5.46 Å². The maximum atomic E-state index is 9.14. The Bertz CT molecular complexity index is 471. The van der Waals surface area contributed by atoms with Gasteiger partial charge in [0.25, 0.3) is 0 Å². The molecular weight excluding hydrogens is 177 g/mol. The number of benzene rings is 1. The highest BCUT2D eigenvalue weighted by Crippen LogP contribution is 2.13. The third-order valence-corrected chi connectivity index (χ3v) is 2.28. The molecule has 1 aromatic heterocycles. The van der Waals surface area contributed by atoms with Crippen LogP contribution in [-0.4, -0.2) is 22.2 Å². The van der Waals surface area contributed by atoms with Crippen molar-refractivity contribution >= 4 is 23.5 Å². The van der Waals surface area contributed by atoms with E-state index in [9.17, 15) is 0 Å². The second-order valence-electron chi connectivity index (χ2n) is 3.24. The van der Waals surface area contributed by atoms with Gasteiger partial charge in [-0.15, -0.1) is 0 Å². The lowest BCUT2D eigenvalue weighted by Gasteiger charge is -2.06. The van der Waals surface area contributed by atoms with Crippen molar-refractivity contribution in [2.45, 2.75) is 6.92 Å². The van der Waals surface area contributed by atoms with Crippen LogP contribution in [0.5, 0.6) is 0 Å². The maximum absolute atomic E-state index is 9.14. The highest BCUT2D eigenvalue weighted by atomic mass is 16.4. The Labute approximate surface area is 82.2 Å². The Morgan fingerprint density at radius 1 is 1.21 bits per heavy atom. The Hall–Kier alpha value is -1.39. The molecule has 70 valence electrons. The van der Waals surface area contributed by atoms with Crippen molar-refractivity contribution < 1.29 is 10.0 Å². The van der Waals surface area contributed by atoms with Gasteiger partial charge < -0.3 is 10.0 Å². The summed E-state index contributed by atoms with van der Waals surface area (Å²) < 4.78 is 0. The third-order valence-electron chi connectivity index (χ3n) is 2.28. The molecule has 0 saturated carbocycles. The topological polar surface area (TPSA) is 53.4 Å². The molecule has 0 amide bonds. The molecule has 0 unspecified atom stereocenters. The highest BCUT2D eigenvalue weighted by molar-refractivity contribution is 6.61. The van der Waals surface area contributed by atoms with E-state index in [1.807, 2.05) is 19.1 Å². The Kier molecular flexibility index (Phi) is 2.23. The van der Waals surface area contributed by atoms with Gasteiger partial charge in [0, 0.05) is 11.6 Å². The molecule has 0 saturated heterocycles. The Morgan fingerprint density at radius 3 is 2.71 bits per heavy atom. The maximum Gasteiger partial charge on any atom is 0.489 e. The van der Waals surface area contributed by atoms with Crippen LogP contribution >= 0.6 is 0 Å². The molecule has 14 heavy (non-hydrogen) atoms. The highest BCUT2D eigenvalue weighted by Gasteiger charge is 2.15. The van der Waals surface area contributed by atoms with Gasteiger partial charge in [0.2, 0.25) is 0 Å². The van der Waals surface area contributed by atoms with Crippen molar-refractivity contribution in [3.05, 3.63) is 36.0 Å². The predicted octanol–water partition coefficient (Wildman–Crippen LogP) is 0.223. The van der Waals surface area contributed by atoms with Crippen LogP contribution in [0.4, 0.5) is 0 Å². The molecule has 2 rings (SSSR count). The molecule has 0 fully saturated rings. The summed E-state index contributed by atoms with van der Waals surface area (Å²) in [4.78, 5) is 4.20. The molecule has 0 aliphatic rings. The van der Waals surface area contributed by atoms with Gasteiger partial charge in [-0.05, 0) is 24.0 Å². The van der Waals surface area contributed by atoms with E-state index in [1.165, 1.54) is 0 Å². The summed E-state index contributed by atoms with van der Waals surface area (Å²) in [6.07, 6.45) is 1.70. The zero-order chi connectivity index (χ0) is 10.1.